The predicted octanol–water partition coefficient (Wildman–Crippen LogP) is 4.44. The Morgan fingerprint density at radius 2 is 0.925 bits per heavy atom. The van der Waals surface area contributed by atoms with E-state index >= 15 is 0 Å². The highest BCUT2D eigenvalue weighted by Crippen LogP contribution is 2.25. The lowest BCUT2D eigenvalue weighted by atomic mass is 9.92. The number of carbonyl (C=O) groups excluding carboxylic acids is 3. The molecule has 2 N–H and O–H groups in total. The van der Waals surface area contributed by atoms with Gasteiger partial charge in [0, 0.05) is 36.3 Å². The smallest absolute Gasteiger partial charge is 0.338 e. The van der Waals surface area contributed by atoms with Crippen LogP contribution >= 0.6 is 0 Å². The molecule has 2 saturated carbocycles. The standard InChI is InChI=1S/C27H30N4O9/c32-25(17-1-9-21(10-2-17)30(35)36)39-23-13-5-19(6-14-23)28-27(34)29-20-7-15-24(16-8-20)40-26(33)18-3-11-22(12-4-18)31(37)38/h1-4,9-12,19-20,23-24H,5-8,13-16H2,(H2,28,29,34). The van der Waals surface area contributed by atoms with E-state index in [4.69, 9.17) is 9.47 Å². The quantitative estimate of drug-likeness (QED) is 0.271. The number of nitro groups is 2. The molecule has 0 aliphatic heterocycles. The zero-order valence-electron chi connectivity index (χ0n) is 21.7. The molecule has 2 aromatic carbocycles. The first-order valence-electron chi connectivity index (χ1n) is 13.2. The molecule has 0 heterocycles. The van der Waals surface area contributed by atoms with Crippen LogP contribution in [0.2, 0.25) is 0 Å². The molecule has 2 aromatic rings. The van der Waals surface area contributed by atoms with Crippen LogP contribution < -0.4 is 10.6 Å². The first kappa shape index (κ1) is 28.5. The molecule has 2 aliphatic rings. The number of non-ortho nitro benzene ring substituents is 2. The van der Waals surface area contributed by atoms with Gasteiger partial charge in [-0.15, -0.1) is 0 Å². The molecule has 0 aromatic heterocycles. The molecule has 0 radical (unpaired) electrons. The van der Waals surface area contributed by atoms with Crippen LogP contribution in [-0.4, -0.2) is 52.1 Å². The molecule has 2 amide bonds. The average molecular weight is 555 g/mol. The Morgan fingerprint density at radius 1 is 0.600 bits per heavy atom. The van der Waals surface area contributed by atoms with Crippen LogP contribution in [0, 0.1) is 20.2 Å². The number of nitro benzene ring substituents is 2. The lowest BCUT2D eigenvalue weighted by Gasteiger charge is -2.31. The molecule has 2 aliphatic carbocycles. The van der Waals surface area contributed by atoms with E-state index in [1.54, 1.807) is 0 Å². The highest BCUT2D eigenvalue weighted by atomic mass is 16.6. The topological polar surface area (TPSA) is 180 Å². The van der Waals surface area contributed by atoms with Gasteiger partial charge in [0.25, 0.3) is 11.4 Å². The lowest BCUT2D eigenvalue weighted by Crippen LogP contribution is -2.49. The molecule has 212 valence electrons. The summed E-state index contributed by atoms with van der Waals surface area (Å²) in [6.07, 6.45) is 4.40. The van der Waals surface area contributed by atoms with Crippen molar-refractivity contribution in [1.29, 1.82) is 0 Å². The van der Waals surface area contributed by atoms with Gasteiger partial charge >= 0.3 is 18.0 Å². The number of benzene rings is 2. The highest BCUT2D eigenvalue weighted by Gasteiger charge is 2.28. The van der Waals surface area contributed by atoms with E-state index in [-0.39, 0.29) is 52.8 Å². The first-order chi connectivity index (χ1) is 19.2. The van der Waals surface area contributed by atoms with Crippen molar-refractivity contribution >= 4 is 29.3 Å². The van der Waals surface area contributed by atoms with Crippen LogP contribution in [0.5, 0.6) is 0 Å². The molecule has 2 fully saturated rings. The number of urea groups is 1. The fourth-order valence-electron chi connectivity index (χ4n) is 4.94. The number of esters is 2. The number of nitrogens with zero attached hydrogens (tertiary/aromatic N) is 2. The summed E-state index contributed by atoms with van der Waals surface area (Å²) in [6.45, 7) is 0. The highest BCUT2D eigenvalue weighted by molar-refractivity contribution is 5.90. The van der Waals surface area contributed by atoms with E-state index in [9.17, 15) is 34.6 Å². The molecule has 0 saturated heterocycles. The van der Waals surface area contributed by atoms with E-state index < -0.39 is 21.8 Å². The van der Waals surface area contributed by atoms with Gasteiger partial charge in [-0.25, -0.2) is 14.4 Å². The third kappa shape index (κ3) is 7.74. The zero-order valence-corrected chi connectivity index (χ0v) is 21.7. The third-order valence-corrected chi connectivity index (χ3v) is 7.19. The van der Waals surface area contributed by atoms with Crippen LogP contribution in [0.1, 0.15) is 72.1 Å². The van der Waals surface area contributed by atoms with E-state index in [2.05, 4.69) is 10.6 Å². The summed E-state index contributed by atoms with van der Waals surface area (Å²) in [7, 11) is 0. The summed E-state index contributed by atoms with van der Waals surface area (Å²) in [4.78, 5) is 57.7. The summed E-state index contributed by atoms with van der Waals surface area (Å²) in [5.74, 6) is -1.06. The van der Waals surface area contributed by atoms with Crippen LogP contribution in [0.15, 0.2) is 48.5 Å². The van der Waals surface area contributed by atoms with Gasteiger partial charge < -0.3 is 20.1 Å². The van der Waals surface area contributed by atoms with Gasteiger partial charge in [-0.05, 0) is 75.6 Å². The van der Waals surface area contributed by atoms with Gasteiger partial charge in [-0.2, -0.15) is 0 Å². The predicted molar refractivity (Wildman–Crippen MR) is 141 cm³/mol. The Morgan fingerprint density at radius 3 is 1.23 bits per heavy atom. The van der Waals surface area contributed by atoms with Crippen molar-refractivity contribution in [3.8, 4) is 0 Å². The first-order valence-corrected chi connectivity index (χ1v) is 13.2. The van der Waals surface area contributed by atoms with Crippen LogP contribution in [0.3, 0.4) is 0 Å². The molecule has 0 spiro atoms. The minimum atomic E-state index is -0.534. The van der Waals surface area contributed by atoms with Crippen molar-refractivity contribution < 1.29 is 33.7 Å². The minimum Gasteiger partial charge on any atom is -0.459 e. The van der Waals surface area contributed by atoms with Crippen molar-refractivity contribution in [2.75, 3.05) is 0 Å². The lowest BCUT2D eigenvalue weighted by molar-refractivity contribution is -0.385. The maximum Gasteiger partial charge on any atom is 0.338 e. The number of rotatable bonds is 8. The number of hydrogen-bond donors (Lipinski definition) is 2. The fraction of sp³-hybridized carbons (Fsp3) is 0.444. The van der Waals surface area contributed by atoms with Crippen molar-refractivity contribution in [1.82, 2.24) is 10.6 Å². The second kappa shape index (κ2) is 13.0. The number of amides is 2. The zero-order chi connectivity index (χ0) is 28.6. The summed E-state index contributed by atoms with van der Waals surface area (Å²) in [6, 6.07) is 10.2. The SMILES string of the molecule is O=C(NC1CCC(OC(=O)c2ccc([N+](=O)[O-])cc2)CC1)NC1CCC(OC(=O)c2ccc([N+](=O)[O-])cc2)CC1. The van der Waals surface area contributed by atoms with Crippen LogP contribution in [-0.2, 0) is 9.47 Å². The summed E-state index contributed by atoms with van der Waals surface area (Å²) >= 11 is 0. The molecule has 0 bridgehead atoms. The van der Waals surface area contributed by atoms with Gasteiger partial charge in [-0.3, -0.25) is 20.2 Å². The maximum absolute atomic E-state index is 12.5. The van der Waals surface area contributed by atoms with E-state index in [1.165, 1.54) is 48.5 Å². The van der Waals surface area contributed by atoms with Gasteiger partial charge in [0.2, 0.25) is 0 Å². The largest absolute Gasteiger partial charge is 0.459 e. The molecular weight excluding hydrogens is 524 g/mol. The van der Waals surface area contributed by atoms with Gasteiger partial charge in [-0.1, -0.05) is 0 Å². The van der Waals surface area contributed by atoms with Crippen molar-refractivity contribution in [3.05, 3.63) is 79.9 Å². The van der Waals surface area contributed by atoms with Gasteiger partial charge in [0.05, 0.1) is 21.0 Å². The Hall–Kier alpha value is -4.55. The number of ether oxygens (including phenoxy) is 2. The summed E-state index contributed by atoms with van der Waals surface area (Å²) in [5.41, 5.74) is 0.303. The molecule has 13 nitrogen and oxygen atoms in total. The molecule has 0 unspecified atom stereocenters. The molecule has 4 rings (SSSR count). The Balaban J connectivity index is 1.12. The Labute approximate surface area is 229 Å². The molecule has 13 heteroatoms. The van der Waals surface area contributed by atoms with Crippen molar-refractivity contribution in [3.63, 3.8) is 0 Å². The minimum absolute atomic E-state index is 0.0479. The van der Waals surface area contributed by atoms with E-state index in [1.807, 2.05) is 0 Å². The van der Waals surface area contributed by atoms with Crippen LogP contribution in [0.25, 0.3) is 0 Å². The van der Waals surface area contributed by atoms with E-state index in [0.29, 0.717) is 51.4 Å². The van der Waals surface area contributed by atoms with Gasteiger partial charge in [0.1, 0.15) is 12.2 Å². The van der Waals surface area contributed by atoms with Crippen LogP contribution in [0.4, 0.5) is 16.2 Å². The number of hydrogen-bond acceptors (Lipinski definition) is 9. The molecule has 40 heavy (non-hydrogen) atoms. The van der Waals surface area contributed by atoms with Gasteiger partial charge in [0.15, 0.2) is 0 Å². The van der Waals surface area contributed by atoms with Crippen molar-refractivity contribution in [2.24, 2.45) is 0 Å². The second-order valence-electron chi connectivity index (χ2n) is 9.98. The average Bonchev–Trinajstić information content (AvgIpc) is 2.95. The Kier molecular flexibility index (Phi) is 9.25. The van der Waals surface area contributed by atoms with Crippen molar-refractivity contribution in [2.45, 2.75) is 75.7 Å². The maximum atomic E-state index is 12.5. The summed E-state index contributed by atoms with van der Waals surface area (Å²) < 4.78 is 11.1. The normalized spacial score (nSPS) is 22.4. The molecule has 0 atom stereocenters. The van der Waals surface area contributed by atoms with E-state index in [0.717, 1.165) is 0 Å². The number of carbonyl (C=O) groups is 3. The number of nitrogens with one attached hydrogen (secondary N) is 2. The molecular formula is C27H30N4O9. The summed E-state index contributed by atoms with van der Waals surface area (Å²) in [5, 5.41) is 27.5. The monoisotopic (exact) mass is 554 g/mol. The third-order valence-electron chi connectivity index (χ3n) is 7.19. The second-order valence-corrected chi connectivity index (χ2v) is 9.98. The fourth-order valence-corrected chi connectivity index (χ4v) is 4.94. The Bertz CT molecular complexity index is 1140.